The molecule has 1 atom stereocenters. The van der Waals surface area contributed by atoms with Crippen LogP contribution in [0, 0.1) is 0 Å². The van der Waals surface area contributed by atoms with Crippen molar-refractivity contribution in [2.75, 3.05) is 6.61 Å². The Balaban J connectivity index is 2.06. The molecule has 0 aliphatic carbocycles. The second-order valence-corrected chi connectivity index (χ2v) is 5.69. The summed E-state index contributed by atoms with van der Waals surface area (Å²) < 4.78 is 5.64. The highest BCUT2D eigenvalue weighted by atomic mass is 35.5. The van der Waals surface area contributed by atoms with E-state index in [2.05, 4.69) is 6.92 Å². The predicted molar refractivity (Wildman–Crippen MR) is 86.0 cm³/mol. The zero-order valence-corrected chi connectivity index (χ0v) is 13.0. The molecule has 1 nitrogen and oxygen atoms in total. The van der Waals surface area contributed by atoms with Crippen LogP contribution in [0.2, 0.25) is 5.02 Å². The number of hydrogen-bond acceptors (Lipinski definition) is 1. The van der Waals surface area contributed by atoms with Crippen LogP contribution in [-0.4, -0.2) is 6.61 Å². The van der Waals surface area contributed by atoms with Gasteiger partial charge in [-0.15, -0.1) is 11.6 Å². The van der Waals surface area contributed by atoms with Crippen molar-refractivity contribution in [1.29, 1.82) is 0 Å². The summed E-state index contributed by atoms with van der Waals surface area (Å²) in [6, 6.07) is 15.8. The third kappa shape index (κ3) is 4.43. The lowest BCUT2D eigenvalue weighted by Crippen LogP contribution is -1.99. The second-order valence-electron chi connectivity index (χ2n) is 4.72. The summed E-state index contributed by atoms with van der Waals surface area (Å²) >= 11 is 12.5. The van der Waals surface area contributed by atoms with Gasteiger partial charge in [0.1, 0.15) is 5.75 Å². The Morgan fingerprint density at radius 2 is 1.90 bits per heavy atom. The largest absolute Gasteiger partial charge is 0.494 e. The normalized spacial score (nSPS) is 12.2. The number of halogens is 2. The van der Waals surface area contributed by atoms with Crippen molar-refractivity contribution >= 4 is 23.2 Å². The van der Waals surface area contributed by atoms with Crippen LogP contribution in [0.15, 0.2) is 48.5 Å². The van der Waals surface area contributed by atoms with Gasteiger partial charge >= 0.3 is 0 Å². The first kappa shape index (κ1) is 15.2. The topological polar surface area (TPSA) is 9.23 Å². The summed E-state index contributed by atoms with van der Waals surface area (Å²) in [4.78, 5) is 0. The van der Waals surface area contributed by atoms with Crippen molar-refractivity contribution in [2.24, 2.45) is 0 Å². The van der Waals surface area contributed by atoms with Crippen molar-refractivity contribution in [3.63, 3.8) is 0 Å². The van der Waals surface area contributed by atoms with E-state index in [0.29, 0.717) is 0 Å². The van der Waals surface area contributed by atoms with Crippen LogP contribution >= 0.6 is 23.2 Å². The van der Waals surface area contributed by atoms with Crippen LogP contribution < -0.4 is 4.74 Å². The average Bonchev–Trinajstić information content (AvgIpc) is 2.45. The SMILES string of the molecule is CCCOc1cccc(C(Cl)Cc2cccc(Cl)c2)c1. The summed E-state index contributed by atoms with van der Waals surface area (Å²) in [5, 5.41) is 0.657. The van der Waals surface area contributed by atoms with Gasteiger partial charge in [-0.25, -0.2) is 0 Å². The molecular formula is C17H18Cl2O. The highest BCUT2D eigenvalue weighted by Crippen LogP contribution is 2.28. The van der Waals surface area contributed by atoms with Crippen LogP contribution in [-0.2, 0) is 6.42 Å². The zero-order chi connectivity index (χ0) is 14.4. The number of hydrogen-bond donors (Lipinski definition) is 0. The Bertz CT molecular complexity index is 554. The lowest BCUT2D eigenvalue weighted by Gasteiger charge is -2.12. The van der Waals surface area contributed by atoms with Crippen LogP contribution in [0.5, 0.6) is 5.75 Å². The molecule has 0 saturated carbocycles. The van der Waals surface area contributed by atoms with E-state index in [-0.39, 0.29) is 5.38 Å². The van der Waals surface area contributed by atoms with Crippen molar-refractivity contribution in [1.82, 2.24) is 0 Å². The Hall–Kier alpha value is -1.18. The van der Waals surface area contributed by atoms with Crippen LogP contribution in [0.3, 0.4) is 0 Å². The van der Waals surface area contributed by atoms with E-state index in [1.165, 1.54) is 0 Å². The lowest BCUT2D eigenvalue weighted by atomic mass is 10.0. The summed E-state index contributed by atoms with van der Waals surface area (Å²) in [7, 11) is 0. The fourth-order valence-electron chi connectivity index (χ4n) is 2.01. The van der Waals surface area contributed by atoms with Gasteiger partial charge in [0.2, 0.25) is 0 Å². The summed E-state index contributed by atoms with van der Waals surface area (Å²) in [6.07, 6.45) is 1.75. The molecule has 2 rings (SSSR count). The lowest BCUT2D eigenvalue weighted by molar-refractivity contribution is 0.317. The van der Waals surface area contributed by atoms with Gasteiger partial charge in [-0.1, -0.05) is 42.8 Å². The molecule has 0 radical (unpaired) electrons. The minimum atomic E-state index is -0.0846. The zero-order valence-electron chi connectivity index (χ0n) is 11.5. The van der Waals surface area contributed by atoms with E-state index < -0.39 is 0 Å². The smallest absolute Gasteiger partial charge is 0.119 e. The molecule has 2 aromatic carbocycles. The quantitative estimate of drug-likeness (QED) is 0.626. The molecule has 20 heavy (non-hydrogen) atoms. The Kier molecular flexibility index (Phi) is 5.75. The first-order valence-corrected chi connectivity index (χ1v) is 7.61. The molecule has 0 aromatic heterocycles. The first-order valence-electron chi connectivity index (χ1n) is 6.80. The maximum atomic E-state index is 6.50. The average molecular weight is 309 g/mol. The van der Waals surface area contributed by atoms with Crippen LogP contribution in [0.1, 0.15) is 29.8 Å². The molecule has 0 N–H and O–H groups in total. The van der Waals surface area contributed by atoms with E-state index in [0.717, 1.165) is 41.3 Å². The van der Waals surface area contributed by atoms with Gasteiger partial charge in [0.25, 0.3) is 0 Å². The van der Waals surface area contributed by atoms with Gasteiger partial charge in [-0.3, -0.25) is 0 Å². The molecule has 0 fully saturated rings. The Labute approximate surface area is 130 Å². The van der Waals surface area contributed by atoms with Gasteiger partial charge in [-0.2, -0.15) is 0 Å². The minimum Gasteiger partial charge on any atom is -0.494 e. The summed E-state index contributed by atoms with van der Waals surface area (Å²) in [6.45, 7) is 2.82. The van der Waals surface area contributed by atoms with Gasteiger partial charge < -0.3 is 4.74 Å². The number of benzene rings is 2. The molecule has 0 amide bonds. The Morgan fingerprint density at radius 1 is 1.10 bits per heavy atom. The van der Waals surface area contributed by atoms with Crippen molar-refractivity contribution in [2.45, 2.75) is 25.1 Å². The molecule has 0 saturated heterocycles. The maximum absolute atomic E-state index is 6.50. The standard InChI is InChI=1S/C17H18Cl2O/c1-2-9-20-16-8-4-6-14(12-16)17(19)11-13-5-3-7-15(18)10-13/h3-8,10,12,17H,2,9,11H2,1H3. The number of alkyl halides is 1. The number of rotatable bonds is 6. The molecule has 1 unspecified atom stereocenters. The molecule has 3 heteroatoms. The summed E-state index contributed by atoms with van der Waals surface area (Å²) in [5.41, 5.74) is 2.21. The van der Waals surface area contributed by atoms with Crippen molar-refractivity contribution < 1.29 is 4.74 Å². The fraction of sp³-hybridized carbons (Fsp3) is 0.294. The van der Waals surface area contributed by atoms with Crippen LogP contribution in [0.4, 0.5) is 0 Å². The Morgan fingerprint density at radius 3 is 2.65 bits per heavy atom. The maximum Gasteiger partial charge on any atom is 0.119 e. The molecule has 0 heterocycles. The van der Waals surface area contributed by atoms with Crippen LogP contribution in [0.25, 0.3) is 0 Å². The number of ether oxygens (including phenoxy) is 1. The van der Waals surface area contributed by atoms with E-state index in [1.54, 1.807) is 0 Å². The molecule has 2 aromatic rings. The van der Waals surface area contributed by atoms with Gasteiger partial charge in [0.05, 0.1) is 12.0 Å². The predicted octanol–water partition coefficient (Wildman–Crippen LogP) is 5.65. The molecule has 0 bridgehead atoms. The fourth-order valence-corrected chi connectivity index (χ4v) is 2.53. The van der Waals surface area contributed by atoms with Gasteiger partial charge in [0, 0.05) is 5.02 Å². The van der Waals surface area contributed by atoms with Crippen molar-refractivity contribution in [3.05, 3.63) is 64.7 Å². The summed E-state index contributed by atoms with van der Waals surface area (Å²) in [5.74, 6) is 0.876. The van der Waals surface area contributed by atoms with Crippen molar-refractivity contribution in [3.8, 4) is 5.75 Å². The van der Waals surface area contributed by atoms with Gasteiger partial charge in [-0.05, 0) is 48.2 Å². The second kappa shape index (κ2) is 7.56. The van der Waals surface area contributed by atoms with E-state index in [1.807, 2.05) is 48.5 Å². The third-order valence-corrected chi connectivity index (χ3v) is 3.64. The monoisotopic (exact) mass is 308 g/mol. The van der Waals surface area contributed by atoms with E-state index in [9.17, 15) is 0 Å². The molecule has 0 aliphatic rings. The highest BCUT2D eigenvalue weighted by Gasteiger charge is 2.10. The molecule has 0 aliphatic heterocycles. The molecular weight excluding hydrogens is 291 g/mol. The third-order valence-electron chi connectivity index (χ3n) is 3.00. The molecule has 106 valence electrons. The highest BCUT2D eigenvalue weighted by molar-refractivity contribution is 6.30. The van der Waals surface area contributed by atoms with Gasteiger partial charge in [0.15, 0.2) is 0 Å². The molecule has 0 spiro atoms. The van der Waals surface area contributed by atoms with E-state index >= 15 is 0 Å². The minimum absolute atomic E-state index is 0.0846. The first-order chi connectivity index (χ1) is 9.69. The van der Waals surface area contributed by atoms with E-state index in [4.69, 9.17) is 27.9 Å².